The minimum absolute atomic E-state index is 0.0314. The molecule has 1 N–H and O–H groups in total. The Labute approximate surface area is 161 Å². The van der Waals surface area contributed by atoms with Crippen molar-refractivity contribution in [3.63, 3.8) is 0 Å². The number of amides is 1. The zero-order valence-corrected chi connectivity index (χ0v) is 15.4. The highest BCUT2D eigenvalue weighted by atomic mass is 16.5. The average molecular weight is 373 g/mol. The Morgan fingerprint density at radius 1 is 1.18 bits per heavy atom. The van der Waals surface area contributed by atoms with Crippen molar-refractivity contribution in [2.24, 2.45) is 0 Å². The fourth-order valence-electron chi connectivity index (χ4n) is 3.78. The highest BCUT2D eigenvalue weighted by Gasteiger charge is 2.34. The molecule has 0 saturated carbocycles. The third kappa shape index (κ3) is 2.85. The molecule has 1 aliphatic rings. The average Bonchev–Trinajstić information content (AvgIpc) is 3.45. The molecule has 7 heteroatoms. The van der Waals surface area contributed by atoms with Crippen LogP contribution in [-0.4, -0.2) is 37.5 Å². The molecule has 0 unspecified atom stereocenters. The standard InChI is InChI=1S/C21H19N5O2/c1-13-22-16-10-9-15(12-17(16)23-13)21(27)26-11-5-8-18(26)20-24-19(25-28-20)14-6-3-2-4-7-14/h2-4,6-7,9-10,12,18H,5,8,11H2,1H3,(H,22,23)/t18-/m1/s1. The number of hydrogen-bond donors (Lipinski definition) is 1. The Bertz CT molecular complexity index is 1150. The van der Waals surface area contributed by atoms with Crippen LogP contribution in [0, 0.1) is 6.92 Å². The Morgan fingerprint density at radius 2 is 2.04 bits per heavy atom. The van der Waals surface area contributed by atoms with Crippen molar-refractivity contribution in [1.29, 1.82) is 0 Å². The lowest BCUT2D eigenvalue weighted by Crippen LogP contribution is -2.30. The van der Waals surface area contributed by atoms with Gasteiger partial charge in [0.2, 0.25) is 11.7 Å². The van der Waals surface area contributed by atoms with E-state index in [4.69, 9.17) is 4.52 Å². The Morgan fingerprint density at radius 3 is 2.89 bits per heavy atom. The van der Waals surface area contributed by atoms with Crippen molar-refractivity contribution in [2.75, 3.05) is 6.54 Å². The van der Waals surface area contributed by atoms with Crippen LogP contribution in [-0.2, 0) is 0 Å². The molecule has 1 aliphatic heterocycles. The summed E-state index contributed by atoms with van der Waals surface area (Å²) in [6, 6.07) is 15.0. The maximum absolute atomic E-state index is 13.2. The van der Waals surface area contributed by atoms with Gasteiger partial charge >= 0.3 is 0 Å². The number of benzene rings is 2. The summed E-state index contributed by atoms with van der Waals surface area (Å²) in [7, 11) is 0. The van der Waals surface area contributed by atoms with Gasteiger partial charge in [-0.05, 0) is 38.0 Å². The van der Waals surface area contributed by atoms with Crippen LogP contribution in [0.15, 0.2) is 53.1 Å². The van der Waals surface area contributed by atoms with E-state index in [0.717, 1.165) is 35.3 Å². The molecule has 0 aliphatic carbocycles. The second kappa shape index (κ2) is 6.60. The number of nitrogens with one attached hydrogen (secondary N) is 1. The third-order valence-corrected chi connectivity index (χ3v) is 5.12. The van der Waals surface area contributed by atoms with E-state index in [0.29, 0.717) is 23.8 Å². The molecule has 1 amide bonds. The van der Waals surface area contributed by atoms with E-state index in [1.807, 2.05) is 60.4 Å². The van der Waals surface area contributed by atoms with E-state index >= 15 is 0 Å². The largest absolute Gasteiger partial charge is 0.342 e. The normalized spacial score (nSPS) is 16.8. The van der Waals surface area contributed by atoms with E-state index in [-0.39, 0.29) is 11.9 Å². The van der Waals surface area contributed by atoms with Gasteiger partial charge in [-0.1, -0.05) is 35.5 Å². The van der Waals surface area contributed by atoms with E-state index in [2.05, 4.69) is 20.1 Å². The van der Waals surface area contributed by atoms with E-state index < -0.39 is 0 Å². The molecule has 3 heterocycles. The molecule has 0 spiro atoms. The molecule has 1 saturated heterocycles. The fourth-order valence-corrected chi connectivity index (χ4v) is 3.78. The molecular weight excluding hydrogens is 354 g/mol. The van der Waals surface area contributed by atoms with E-state index in [1.165, 1.54) is 0 Å². The molecule has 1 atom stereocenters. The van der Waals surface area contributed by atoms with Crippen molar-refractivity contribution >= 4 is 16.9 Å². The number of aromatic amines is 1. The maximum atomic E-state index is 13.2. The molecular formula is C21H19N5O2. The van der Waals surface area contributed by atoms with Crippen molar-refractivity contribution in [3.8, 4) is 11.4 Å². The van der Waals surface area contributed by atoms with Crippen LogP contribution in [0.4, 0.5) is 0 Å². The number of carbonyl (C=O) groups excluding carboxylic acids is 1. The van der Waals surface area contributed by atoms with Crippen molar-refractivity contribution in [1.82, 2.24) is 25.0 Å². The van der Waals surface area contributed by atoms with Gasteiger partial charge in [-0.2, -0.15) is 4.98 Å². The van der Waals surface area contributed by atoms with Gasteiger partial charge in [0.05, 0.1) is 11.0 Å². The number of carbonyl (C=O) groups is 1. The summed E-state index contributed by atoms with van der Waals surface area (Å²) >= 11 is 0. The number of rotatable bonds is 3. The van der Waals surface area contributed by atoms with Crippen molar-refractivity contribution < 1.29 is 9.32 Å². The minimum Gasteiger partial charge on any atom is -0.342 e. The Hall–Kier alpha value is -3.48. The second-order valence-corrected chi connectivity index (χ2v) is 7.03. The lowest BCUT2D eigenvalue weighted by atomic mass is 10.1. The summed E-state index contributed by atoms with van der Waals surface area (Å²) in [5.41, 5.74) is 3.25. The molecule has 0 bridgehead atoms. The lowest BCUT2D eigenvalue weighted by Gasteiger charge is -2.21. The smallest absolute Gasteiger partial charge is 0.254 e. The second-order valence-electron chi connectivity index (χ2n) is 7.03. The first-order valence-electron chi connectivity index (χ1n) is 9.35. The topological polar surface area (TPSA) is 87.9 Å². The highest BCUT2D eigenvalue weighted by molar-refractivity contribution is 5.97. The number of fused-ring (bicyclic) bond motifs is 1. The number of hydrogen-bond acceptors (Lipinski definition) is 5. The molecule has 7 nitrogen and oxygen atoms in total. The number of nitrogens with zero attached hydrogens (tertiary/aromatic N) is 4. The minimum atomic E-state index is -0.198. The van der Waals surface area contributed by atoms with Crippen LogP contribution in [0.2, 0.25) is 0 Å². The van der Waals surface area contributed by atoms with Gasteiger partial charge in [-0.3, -0.25) is 4.79 Å². The molecule has 28 heavy (non-hydrogen) atoms. The van der Waals surface area contributed by atoms with Gasteiger partial charge in [-0.15, -0.1) is 0 Å². The van der Waals surface area contributed by atoms with Crippen LogP contribution in [0.5, 0.6) is 0 Å². The number of aryl methyl sites for hydroxylation is 1. The summed E-state index contributed by atoms with van der Waals surface area (Å²) < 4.78 is 5.52. The number of likely N-dealkylation sites (tertiary alicyclic amines) is 1. The summed E-state index contributed by atoms with van der Waals surface area (Å²) in [4.78, 5) is 27.1. The number of imidazole rings is 1. The zero-order valence-electron chi connectivity index (χ0n) is 15.4. The first kappa shape index (κ1) is 16.7. The Kier molecular flexibility index (Phi) is 3.93. The first-order valence-corrected chi connectivity index (χ1v) is 9.35. The lowest BCUT2D eigenvalue weighted by molar-refractivity contribution is 0.0710. The third-order valence-electron chi connectivity index (χ3n) is 5.12. The van der Waals surface area contributed by atoms with Gasteiger partial charge in [0, 0.05) is 17.7 Å². The fraction of sp³-hybridized carbons (Fsp3) is 0.238. The molecule has 0 radical (unpaired) electrons. The van der Waals surface area contributed by atoms with E-state index in [9.17, 15) is 4.79 Å². The van der Waals surface area contributed by atoms with Crippen LogP contribution < -0.4 is 0 Å². The molecule has 4 aromatic rings. The van der Waals surface area contributed by atoms with Crippen molar-refractivity contribution in [2.45, 2.75) is 25.8 Å². The van der Waals surface area contributed by atoms with Crippen LogP contribution in [0.3, 0.4) is 0 Å². The van der Waals surface area contributed by atoms with Gasteiger partial charge in [0.1, 0.15) is 11.9 Å². The summed E-state index contributed by atoms with van der Waals surface area (Å²) in [5, 5.41) is 4.10. The van der Waals surface area contributed by atoms with E-state index in [1.54, 1.807) is 0 Å². The van der Waals surface area contributed by atoms with Gasteiger partial charge < -0.3 is 14.4 Å². The number of aromatic nitrogens is 4. The quantitative estimate of drug-likeness (QED) is 0.588. The van der Waals surface area contributed by atoms with Crippen molar-refractivity contribution in [3.05, 3.63) is 65.8 Å². The molecule has 1 fully saturated rings. The summed E-state index contributed by atoms with van der Waals surface area (Å²) in [6.07, 6.45) is 1.72. The molecule has 2 aromatic carbocycles. The number of H-pyrrole nitrogens is 1. The van der Waals surface area contributed by atoms with Crippen LogP contribution in [0.25, 0.3) is 22.4 Å². The monoisotopic (exact) mass is 373 g/mol. The summed E-state index contributed by atoms with van der Waals surface area (Å²) in [5.74, 6) is 1.83. The Balaban J connectivity index is 1.43. The van der Waals surface area contributed by atoms with Gasteiger partial charge in [0.15, 0.2) is 0 Å². The van der Waals surface area contributed by atoms with Gasteiger partial charge in [0.25, 0.3) is 5.91 Å². The SMILES string of the molecule is Cc1nc2ccc(C(=O)N3CCC[C@@H]3c3nc(-c4ccccc4)no3)cc2[nH]1. The predicted molar refractivity (Wildman–Crippen MR) is 104 cm³/mol. The molecule has 5 rings (SSSR count). The molecule has 2 aromatic heterocycles. The van der Waals surface area contributed by atoms with Gasteiger partial charge in [-0.25, -0.2) is 4.98 Å². The predicted octanol–water partition coefficient (Wildman–Crippen LogP) is 3.90. The first-order chi connectivity index (χ1) is 13.7. The van der Waals surface area contributed by atoms with Crippen LogP contribution >= 0.6 is 0 Å². The zero-order chi connectivity index (χ0) is 19.1. The summed E-state index contributed by atoms with van der Waals surface area (Å²) in [6.45, 7) is 2.57. The molecule has 140 valence electrons. The highest BCUT2D eigenvalue weighted by Crippen LogP contribution is 2.33. The maximum Gasteiger partial charge on any atom is 0.254 e. The van der Waals surface area contributed by atoms with Crippen LogP contribution in [0.1, 0.15) is 41.0 Å².